The van der Waals surface area contributed by atoms with Crippen LogP contribution in [0.4, 0.5) is 0 Å². The molecule has 0 spiro atoms. The molecule has 3 heteroatoms. The molecule has 0 aromatic heterocycles. The molecule has 13 heavy (non-hydrogen) atoms. The Morgan fingerprint density at radius 2 is 1.08 bits per heavy atom. The van der Waals surface area contributed by atoms with E-state index in [1.165, 1.54) is 32.1 Å². The summed E-state index contributed by atoms with van der Waals surface area (Å²) in [5.41, 5.74) is 0. The van der Waals surface area contributed by atoms with Gasteiger partial charge in [-0.15, -0.1) is 0 Å². The third kappa shape index (κ3) is 24.5. The van der Waals surface area contributed by atoms with Gasteiger partial charge in [0.1, 0.15) is 0 Å². The van der Waals surface area contributed by atoms with E-state index in [1.807, 2.05) is 0 Å². The van der Waals surface area contributed by atoms with Gasteiger partial charge in [-0.25, -0.2) is 0 Å². The monoisotopic (exact) mass is 192 g/mol. The van der Waals surface area contributed by atoms with Crippen molar-refractivity contribution in [3.63, 3.8) is 0 Å². The maximum Gasteiger partial charge on any atom is 0.0662 e. The summed E-state index contributed by atoms with van der Waals surface area (Å²) in [5.74, 6) is 0. The second-order valence-electron chi connectivity index (χ2n) is 2.94. The first kappa shape index (κ1) is 15.4. The van der Waals surface area contributed by atoms with Crippen LogP contribution in [0.5, 0.6) is 0 Å². The van der Waals surface area contributed by atoms with Crippen molar-refractivity contribution in [1.82, 2.24) is 0 Å². The first-order valence-electron chi connectivity index (χ1n) is 5.16. The lowest BCUT2D eigenvalue weighted by Crippen LogP contribution is -1.85. The van der Waals surface area contributed by atoms with Crippen molar-refractivity contribution in [3.8, 4) is 0 Å². The summed E-state index contributed by atoms with van der Waals surface area (Å²) in [6.07, 6.45) is 7.50. The summed E-state index contributed by atoms with van der Waals surface area (Å²) in [6, 6.07) is 0. The minimum atomic E-state index is -0.125. The van der Waals surface area contributed by atoms with Gasteiger partial charge in [0.15, 0.2) is 0 Å². The van der Waals surface area contributed by atoms with Gasteiger partial charge in [-0.1, -0.05) is 39.0 Å². The average molecular weight is 192 g/mol. The largest absolute Gasteiger partial charge is 0.396 e. The second-order valence-corrected chi connectivity index (χ2v) is 2.94. The number of aliphatic hydroxyl groups is 3. The van der Waals surface area contributed by atoms with Crippen LogP contribution in [0.25, 0.3) is 0 Å². The minimum Gasteiger partial charge on any atom is -0.396 e. The van der Waals surface area contributed by atoms with Gasteiger partial charge >= 0.3 is 0 Å². The minimum absolute atomic E-state index is 0.125. The summed E-state index contributed by atoms with van der Waals surface area (Å²) in [4.78, 5) is 0. The molecule has 0 aromatic carbocycles. The van der Waals surface area contributed by atoms with Gasteiger partial charge in [-0.2, -0.15) is 0 Å². The highest BCUT2D eigenvalue weighted by atomic mass is 16.3. The Morgan fingerprint density at radius 1 is 0.615 bits per heavy atom. The second kappa shape index (κ2) is 17.8. The highest BCUT2D eigenvalue weighted by Crippen LogP contribution is 2.03. The maximum atomic E-state index is 8.42. The summed E-state index contributed by atoms with van der Waals surface area (Å²) in [6.45, 7) is 2.33. The van der Waals surface area contributed by atoms with Gasteiger partial charge in [-0.05, 0) is 6.42 Å². The van der Waals surface area contributed by atoms with Crippen molar-refractivity contribution in [2.24, 2.45) is 0 Å². The van der Waals surface area contributed by atoms with Crippen LogP contribution in [0.3, 0.4) is 0 Å². The van der Waals surface area contributed by atoms with Crippen LogP contribution in [0.15, 0.2) is 0 Å². The van der Waals surface area contributed by atoms with Crippen LogP contribution in [0, 0.1) is 0 Å². The highest BCUT2D eigenvalue weighted by molar-refractivity contribution is 4.41. The van der Waals surface area contributed by atoms with Gasteiger partial charge < -0.3 is 15.3 Å². The van der Waals surface area contributed by atoms with Gasteiger partial charge in [0.25, 0.3) is 0 Å². The van der Waals surface area contributed by atoms with Crippen molar-refractivity contribution in [1.29, 1.82) is 0 Å². The Kier molecular flexibility index (Phi) is 21.1. The van der Waals surface area contributed by atoms with Crippen LogP contribution >= 0.6 is 0 Å². The van der Waals surface area contributed by atoms with E-state index in [1.54, 1.807) is 0 Å². The summed E-state index contributed by atoms with van der Waals surface area (Å²) in [5, 5.41) is 23.7. The predicted octanol–water partition coefficient (Wildman–Crippen LogP) is 1.31. The van der Waals surface area contributed by atoms with Crippen LogP contribution in [-0.4, -0.2) is 35.1 Å². The molecule has 0 bridgehead atoms. The van der Waals surface area contributed by atoms with Crippen LogP contribution < -0.4 is 0 Å². The first-order chi connectivity index (χ1) is 6.33. The standard InChI is InChI=1S/C8H18O.C2H6O2/c1-2-3-4-5-6-7-8-9;3-1-2-4/h9H,2-8H2,1H3;3-4H,1-2H2. The quantitative estimate of drug-likeness (QED) is 0.533. The van der Waals surface area contributed by atoms with Crippen LogP contribution in [-0.2, 0) is 0 Å². The zero-order chi connectivity index (χ0) is 10.4. The molecular formula is C10H24O3. The third-order valence-corrected chi connectivity index (χ3v) is 1.61. The van der Waals surface area contributed by atoms with Crippen molar-refractivity contribution in [2.75, 3.05) is 19.8 Å². The van der Waals surface area contributed by atoms with Crippen molar-refractivity contribution < 1.29 is 15.3 Å². The molecule has 0 atom stereocenters. The Bertz CT molecular complexity index is 59.2. The van der Waals surface area contributed by atoms with E-state index in [0.717, 1.165) is 6.42 Å². The summed E-state index contributed by atoms with van der Waals surface area (Å²) < 4.78 is 0. The molecule has 0 rings (SSSR count). The Balaban J connectivity index is 0. The highest BCUT2D eigenvalue weighted by Gasteiger charge is 1.86. The molecule has 0 aliphatic rings. The number of hydrogen-bond acceptors (Lipinski definition) is 3. The van der Waals surface area contributed by atoms with E-state index in [9.17, 15) is 0 Å². The molecule has 0 heterocycles. The molecule has 0 unspecified atom stereocenters. The molecule has 0 aliphatic carbocycles. The Labute approximate surface area is 81.4 Å². The van der Waals surface area contributed by atoms with Gasteiger partial charge in [0.2, 0.25) is 0 Å². The predicted molar refractivity (Wildman–Crippen MR) is 54.6 cm³/mol. The third-order valence-electron chi connectivity index (χ3n) is 1.61. The normalized spacial score (nSPS) is 9.23. The Hall–Kier alpha value is -0.120. The summed E-state index contributed by atoms with van der Waals surface area (Å²) >= 11 is 0. The SMILES string of the molecule is CCCCCCCCO.OCCO. The molecule has 0 amide bonds. The lowest BCUT2D eigenvalue weighted by atomic mass is 10.1. The number of hydrogen-bond donors (Lipinski definition) is 3. The molecule has 0 saturated heterocycles. The van der Waals surface area contributed by atoms with E-state index in [-0.39, 0.29) is 13.2 Å². The lowest BCUT2D eigenvalue weighted by Gasteiger charge is -1.95. The molecule has 0 aliphatic heterocycles. The molecular weight excluding hydrogens is 168 g/mol. The molecule has 0 radical (unpaired) electrons. The fraction of sp³-hybridized carbons (Fsp3) is 1.00. The average Bonchev–Trinajstić information content (AvgIpc) is 2.18. The topological polar surface area (TPSA) is 60.7 Å². The van der Waals surface area contributed by atoms with Gasteiger partial charge in [0.05, 0.1) is 13.2 Å². The number of aliphatic hydroxyl groups excluding tert-OH is 3. The fourth-order valence-electron chi connectivity index (χ4n) is 0.892. The van der Waals surface area contributed by atoms with E-state index in [2.05, 4.69) is 6.92 Å². The zero-order valence-corrected chi connectivity index (χ0v) is 8.71. The van der Waals surface area contributed by atoms with E-state index >= 15 is 0 Å². The smallest absolute Gasteiger partial charge is 0.0662 e. The molecule has 3 nitrogen and oxygen atoms in total. The van der Waals surface area contributed by atoms with Crippen LogP contribution in [0.1, 0.15) is 45.4 Å². The fourth-order valence-corrected chi connectivity index (χ4v) is 0.892. The van der Waals surface area contributed by atoms with Crippen molar-refractivity contribution >= 4 is 0 Å². The van der Waals surface area contributed by atoms with Crippen molar-refractivity contribution in [2.45, 2.75) is 45.4 Å². The molecule has 82 valence electrons. The molecule has 0 fully saturated rings. The number of rotatable bonds is 7. The van der Waals surface area contributed by atoms with Gasteiger partial charge in [-0.3, -0.25) is 0 Å². The van der Waals surface area contributed by atoms with Gasteiger partial charge in [0, 0.05) is 6.61 Å². The summed E-state index contributed by atoms with van der Waals surface area (Å²) in [7, 11) is 0. The van der Waals surface area contributed by atoms with Crippen LogP contribution in [0.2, 0.25) is 0 Å². The Morgan fingerprint density at radius 3 is 1.46 bits per heavy atom. The molecule has 0 saturated carbocycles. The molecule has 3 N–H and O–H groups in total. The maximum absolute atomic E-state index is 8.42. The van der Waals surface area contributed by atoms with E-state index in [0.29, 0.717) is 6.61 Å². The van der Waals surface area contributed by atoms with E-state index in [4.69, 9.17) is 15.3 Å². The molecule has 0 aromatic rings. The zero-order valence-electron chi connectivity index (χ0n) is 8.71. The first-order valence-corrected chi connectivity index (χ1v) is 5.16. The van der Waals surface area contributed by atoms with E-state index < -0.39 is 0 Å². The van der Waals surface area contributed by atoms with Crippen molar-refractivity contribution in [3.05, 3.63) is 0 Å². The number of unbranched alkanes of at least 4 members (excludes halogenated alkanes) is 5. The lowest BCUT2D eigenvalue weighted by molar-refractivity contribution is 0.186.